The molecule has 11 heteroatoms. The molecule has 0 radical (unpaired) electrons. The van der Waals surface area contributed by atoms with Crippen LogP contribution in [0.4, 0.5) is 0 Å². The Hall–Kier alpha value is -7.11. The van der Waals surface area contributed by atoms with Crippen LogP contribution in [0, 0.1) is 0 Å². The second-order valence-corrected chi connectivity index (χ2v) is 12.6. The van der Waals surface area contributed by atoms with Gasteiger partial charge in [0.1, 0.15) is 29.8 Å². The van der Waals surface area contributed by atoms with E-state index in [9.17, 15) is 0 Å². The highest BCUT2D eigenvalue weighted by Crippen LogP contribution is 2.30. The highest BCUT2D eigenvalue weighted by molar-refractivity contribution is 7.17. The van der Waals surface area contributed by atoms with Crippen molar-refractivity contribution in [3.63, 3.8) is 0 Å². The number of furan rings is 1. The molecule has 0 amide bonds. The summed E-state index contributed by atoms with van der Waals surface area (Å²) >= 11 is 1.79. The van der Waals surface area contributed by atoms with Gasteiger partial charge >= 0.3 is 0 Å². The van der Waals surface area contributed by atoms with E-state index in [1.807, 2.05) is 127 Å². The maximum atomic E-state index is 5.30. The second-order valence-electron chi connectivity index (χ2n) is 11.6. The SMILES string of the molecule is c1ccc2[nH]cnc2c1.c1ccc2c(c1)OCCO2.c1ccc2c(c1)OCO2.c1ccc2n[nH]nc2c1.c1ccc2occc2c1.c1ccc2sccc2c1. The highest BCUT2D eigenvalue weighted by atomic mass is 32.1. The fourth-order valence-electron chi connectivity index (χ4n) is 5.31. The number of aromatic nitrogens is 5. The van der Waals surface area contributed by atoms with Gasteiger partial charge in [-0.15, -0.1) is 11.3 Å². The number of hydrogen-bond donors (Lipinski definition) is 2. The van der Waals surface area contributed by atoms with E-state index in [2.05, 4.69) is 61.1 Å². The lowest BCUT2D eigenvalue weighted by molar-refractivity contribution is 0.171. The minimum absolute atomic E-state index is 0.360. The van der Waals surface area contributed by atoms with Gasteiger partial charge in [0.05, 0.1) is 23.6 Å². The number of hydrogen-bond acceptors (Lipinski definition) is 9. The van der Waals surface area contributed by atoms with Crippen LogP contribution in [0.25, 0.3) is 43.1 Å². The molecule has 2 N–H and O–H groups in total. The van der Waals surface area contributed by atoms with E-state index < -0.39 is 0 Å². The van der Waals surface area contributed by atoms with Gasteiger partial charge in [-0.2, -0.15) is 15.4 Å². The van der Waals surface area contributed by atoms with E-state index in [4.69, 9.17) is 23.4 Å². The quantitative estimate of drug-likeness (QED) is 0.157. The van der Waals surface area contributed by atoms with Crippen molar-refractivity contribution in [3.8, 4) is 23.0 Å². The molecule has 2 aliphatic heterocycles. The number of H-pyrrole nitrogens is 2. The van der Waals surface area contributed by atoms with Crippen LogP contribution in [-0.4, -0.2) is 45.4 Å². The number of nitrogens with zero attached hydrogens (tertiary/aromatic N) is 3. The number of fused-ring (bicyclic) bond motifs is 6. The summed E-state index contributed by atoms with van der Waals surface area (Å²) in [7, 11) is 0. The molecular formula is C44H37N5O5S. The molecule has 12 rings (SSSR count). The van der Waals surface area contributed by atoms with Gasteiger partial charge in [0.25, 0.3) is 0 Å². The maximum absolute atomic E-state index is 5.30. The molecule has 0 saturated carbocycles. The average Bonchev–Trinajstić information content (AvgIpc) is 4.12. The fraction of sp³-hybridized carbons (Fsp3) is 0.0682. The number of rotatable bonds is 0. The number of imidazole rings is 1. The zero-order valence-electron chi connectivity index (χ0n) is 29.7. The van der Waals surface area contributed by atoms with Crippen LogP contribution in [0.5, 0.6) is 23.0 Å². The van der Waals surface area contributed by atoms with Crippen molar-refractivity contribution >= 4 is 54.5 Å². The third kappa shape index (κ3) is 10.3. The van der Waals surface area contributed by atoms with Crippen molar-refractivity contribution in [2.45, 2.75) is 0 Å². The standard InChI is InChI=1S/C8H8O2.C8H6O.C8H6S.C7H6N2.C7H6O2.C6H5N3/c1-2-4-8-7(3-1)9-5-6-10-8;2*1-2-4-8-7(3-1)5-6-9-8;2*1-2-4-7-6(3-1)8-5-9-7;1-2-4-6-5(3-1)7-9-8-6/h1-4H,5-6H2;2*1-6H;1-5H,(H,8,9);1-4H,5H2;1-4H,(H,7,8,9). The molecule has 274 valence electrons. The summed E-state index contributed by atoms with van der Waals surface area (Å²) in [6.07, 6.45) is 3.40. The van der Waals surface area contributed by atoms with Gasteiger partial charge in [-0.25, -0.2) is 4.98 Å². The van der Waals surface area contributed by atoms with E-state index in [0.717, 1.165) is 56.0 Å². The number of para-hydroxylation sites is 9. The number of benzene rings is 6. The van der Waals surface area contributed by atoms with Crippen molar-refractivity contribution in [2.24, 2.45) is 0 Å². The monoisotopic (exact) mass is 747 g/mol. The number of nitrogens with one attached hydrogen (secondary N) is 2. The number of thiophene rings is 1. The van der Waals surface area contributed by atoms with Crippen molar-refractivity contribution in [2.75, 3.05) is 20.0 Å². The average molecular weight is 748 g/mol. The molecule has 0 spiro atoms. The summed E-state index contributed by atoms with van der Waals surface area (Å²) in [4.78, 5) is 7.07. The van der Waals surface area contributed by atoms with Crippen LogP contribution >= 0.6 is 11.3 Å². The predicted molar refractivity (Wildman–Crippen MR) is 218 cm³/mol. The molecule has 55 heavy (non-hydrogen) atoms. The first-order valence-electron chi connectivity index (χ1n) is 17.5. The largest absolute Gasteiger partial charge is 0.486 e. The Morgan fingerprint density at radius 1 is 0.491 bits per heavy atom. The smallest absolute Gasteiger partial charge is 0.231 e. The van der Waals surface area contributed by atoms with Crippen molar-refractivity contribution in [1.29, 1.82) is 0 Å². The van der Waals surface area contributed by atoms with E-state index in [-0.39, 0.29) is 0 Å². The van der Waals surface area contributed by atoms with Gasteiger partial charge in [0.2, 0.25) is 6.79 Å². The van der Waals surface area contributed by atoms with E-state index in [0.29, 0.717) is 20.0 Å². The third-order valence-electron chi connectivity index (χ3n) is 8.00. The lowest BCUT2D eigenvalue weighted by Crippen LogP contribution is -2.14. The van der Waals surface area contributed by atoms with Crippen LogP contribution in [0.3, 0.4) is 0 Å². The van der Waals surface area contributed by atoms with Crippen LogP contribution in [-0.2, 0) is 0 Å². The zero-order valence-corrected chi connectivity index (χ0v) is 30.5. The van der Waals surface area contributed by atoms with Crippen molar-refractivity contribution in [3.05, 3.63) is 176 Å². The highest BCUT2D eigenvalue weighted by Gasteiger charge is 2.10. The van der Waals surface area contributed by atoms with Gasteiger partial charge in [0.15, 0.2) is 23.0 Å². The van der Waals surface area contributed by atoms with Gasteiger partial charge in [-0.05, 0) is 83.6 Å². The Morgan fingerprint density at radius 3 is 1.67 bits per heavy atom. The lowest BCUT2D eigenvalue weighted by atomic mass is 10.3. The molecule has 6 aromatic carbocycles. The summed E-state index contributed by atoms with van der Waals surface area (Å²) in [5.74, 6) is 3.40. The molecule has 0 aliphatic carbocycles. The summed E-state index contributed by atoms with van der Waals surface area (Å²) < 4.78 is 27.2. The number of ether oxygens (including phenoxy) is 4. The lowest BCUT2D eigenvalue weighted by Gasteiger charge is -2.17. The Bertz CT molecular complexity index is 2220. The molecule has 10 aromatic rings. The molecule has 0 fully saturated rings. The maximum Gasteiger partial charge on any atom is 0.231 e. The van der Waals surface area contributed by atoms with Gasteiger partial charge in [-0.1, -0.05) is 84.9 Å². The summed E-state index contributed by atoms with van der Waals surface area (Å²) in [5.41, 5.74) is 4.91. The van der Waals surface area contributed by atoms with Crippen LogP contribution in [0.1, 0.15) is 0 Å². The molecule has 0 saturated heterocycles. The summed E-state index contributed by atoms with van der Waals surface area (Å²) in [5, 5.41) is 14.9. The third-order valence-corrected chi connectivity index (χ3v) is 8.90. The zero-order chi connectivity index (χ0) is 37.3. The molecule has 6 heterocycles. The summed E-state index contributed by atoms with van der Waals surface area (Å²) in [6, 6.07) is 51.4. The van der Waals surface area contributed by atoms with Crippen LogP contribution < -0.4 is 18.9 Å². The Labute approximate surface area is 320 Å². The van der Waals surface area contributed by atoms with Crippen LogP contribution in [0.15, 0.2) is 180 Å². The minimum atomic E-state index is 0.360. The Morgan fingerprint density at radius 2 is 1.04 bits per heavy atom. The fourth-order valence-corrected chi connectivity index (χ4v) is 6.11. The first-order valence-corrected chi connectivity index (χ1v) is 18.4. The molecule has 0 bridgehead atoms. The minimum Gasteiger partial charge on any atom is -0.486 e. The van der Waals surface area contributed by atoms with E-state index in [1.54, 1.807) is 23.9 Å². The van der Waals surface area contributed by atoms with Gasteiger partial charge in [0, 0.05) is 10.1 Å². The van der Waals surface area contributed by atoms with Crippen molar-refractivity contribution in [1.82, 2.24) is 25.4 Å². The normalized spacial score (nSPS) is 11.6. The predicted octanol–water partition coefficient (Wildman–Crippen LogP) is 10.7. The molecule has 2 aliphatic rings. The first kappa shape index (κ1) is 36.3. The van der Waals surface area contributed by atoms with Crippen molar-refractivity contribution < 1.29 is 23.4 Å². The Balaban J connectivity index is 0.000000102. The van der Waals surface area contributed by atoms with E-state index >= 15 is 0 Å². The van der Waals surface area contributed by atoms with Crippen LogP contribution in [0.2, 0.25) is 0 Å². The number of aromatic amines is 2. The molecule has 0 atom stereocenters. The first-order chi connectivity index (χ1) is 27.3. The Kier molecular flexibility index (Phi) is 12.6. The molecule has 4 aromatic heterocycles. The topological polar surface area (TPSA) is 120 Å². The molecular weight excluding hydrogens is 711 g/mol. The van der Waals surface area contributed by atoms with Gasteiger partial charge < -0.3 is 28.3 Å². The molecule has 0 unspecified atom stereocenters. The summed E-state index contributed by atoms with van der Waals surface area (Å²) in [6.45, 7) is 1.69. The van der Waals surface area contributed by atoms with E-state index in [1.165, 1.54) is 10.1 Å². The van der Waals surface area contributed by atoms with Gasteiger partial charge in [-0.3, -0.25) is 0 Å². The second kappa shape index (κ2) is 19.1. The molecule has 10 nitrogen and oxygen atoms in total.